The predicted molar refractivity (Wildman–Crippen MR) is 129 cm³/mol. The van der Waals surface area contributed by atoms with Crippen LogP contribution in [0.2, 0.25) is 0 Å². The molecule has 0 bridgehead atoms. The molecular weight excluding hydrogens is 428 g/mol. The summed E-state index contributed by atoms with van der Waals surface area (Å²) in [6, 6.07) is 24.5. The van der Waals surface area contributed by atoms with Crippen LogP contribution in [-0.2, 0) is 22.6 Å². The third kappa shape index (κ3) is 3.61. The summed E-state index contributed by atoms with van der Waals surface area (Å²) in [6.45, 7) is 0.345. The smallest absolute Gasteiger partial charge is 0.266 e. The van der Waals surface area contributed by atoms with Gasteiger partial charge in [-0.2, -0.15) is 5.10 Å². The van der Waals surface area contributed by atoms with Crippen LogP contribution in [0.15, 0.2) is 84.0 Å². The van der Waals surface area contributed by atoms with E-state index in [0.717, 1.165) is 33.5 Å². The molecule has 0 aliphatic carbocycles. The van der Waals surface area contributed by atoms with Crippen LogP contribution in [0.5, 0.6) is 11.5 Å². The molecule has 1 fully saturated rings. The third-order valence-corrected chi connectivity index (χ3v) is 6.33. The molecule has 3 aromatic carbocycles. The Morgan fingerprint density at radius 2 is 1.71 bits per heavy atom. The van der Waals surface area contributed by atoms with Crippen molar-refractivity contribution >= 4 is 28.9 Å². The Morgan fingerprint density at radius 1 is 0.912 bits per heavy atom. The zero-order chi connectivity index (χ0) is 23.1. The number of aromatic amines is 1. The van der Waals surface area contributed by atoms with Crippen molar-refractivity contribution in [2.75, 3.05) is 6.54 Å². The Hall–Kier alpha value is -4.39. The van der Waals surface area contributed by atoms with Gasteiger partial charge in [-0.15, -0.1) is 0 Å². The number of nitrogens with zero attached hydrogens (tertiary/aromatic N) is 3. The largest absolute Gasteiger partial charge is 0.457 e. The molecule has 2 aliphatic rings. The molecule has 0 spiro atoms. The number of carbonyl (C=O) groups excluding carboxylic acids is 2. The first-order chi connectivity index (χ1) is 16.7. The second-order valence-corrected chi connectivity index (χ2v) is 8.50. The fourth-order valence-electron chi connectivity index (χ4n) is 4.68. The third-order valence-electron chi connectivity index (χ3n) is 6.33. The van der Waals surface area contributed by atoms with Crippen LogP contribution in [0, 0.1) is 0 Å². The Morgan fingerprint density at radius 3 is 2.59 bits per heavy atom. The molecule has 7 heteroatoms. The van der Waals surface area contributed by atoms with Crippen LogP contribution in [0.1, 0.15) is 16.8 Å². The lowest BCUT2D eigenvalue weighted by Crippen LogP contribution is -2.60. The van der Waals surface area contributed by atoms with Crippen molar-refractivity contribution in [1.82, 2.24) is 14.9 Å². The van der Waals surface area contributed by atoms with Gasteiger partial charge in [0.2, 0.25) is 5.91 Å². The van der Waals surface area contributed by atoms with E-state index in [1.807, 2.05) is 72.8 Å². The monoisotopic (exact) mass is 450 g/mol. The SMILES string of the molecule is O=C1[C@@H]2Cc3c([nH]c4ccccc34)CN2C(=O)CN1/N=C/c1cccc(Oc2ccccc2)c1. The highest BCUT2D eigenvalue weighted by atomic mass is 16.5. The van der Waals surface area contributed by atoms with E-state index in [-0.39, 0.29) is 18.4 Å². The average Bonchev–Trinajstić information content (AvgIpc) is 3.23. The molecule has 6 rings (SSSR count). The number of amides is 2. The summed E-state index contributed by atoms with van der Waals surface area (Å²) in [5, 5.41) is 6.77. The number of nitrogens with one attached hydrogen (secondary N) is 1. The van der Waals surface area contributed by atoms with Gasteiger partial charge in [-0.3, -0.25) is 9.59 Å². The van der Waals surface area contributed by atoms with E-state index in [0.29, 0.717) is 18.7 Å². The lowest BCUT2D eigenvalue weighted by Gasteiger charge is -2.40. The summed E-state index contributed by atoms with van der Waals surface area (Å²) in [6.07, 6.45) is 2.08. The molecular formula is C27H22N4O3. The maximum Gasteiger partial charge on any atom is 0.266 e. The molecule has 3 heterocycles. The number of aromatic nitrogens is 1. The highest BCUT2D eigenvalue weighted by Gasteiger charge is 2.43. The van der Waals surface area contributed by atoms with Crippen molar-refractivity contribution in [3.63, 3.8) is 0 Å². The van der Waals surface area contributed by atoms with Gasteiger partial charge in [0.25, 0.3) is 5.91 Å². The van der Waals surface area contributed by atoms with Gasteiger partial charge in [-0.1, -0.05) is 48.5 Å². The van der Waals surface area contributed by atoms with Crippen LogP contribution >= 0.6 is 0 Å². The molecule has 2 aliphatic heterocycles. The summed E-state index contributed by atoms with van der Waals surface area (Å²) in [5.41, 5.74) is 3.92. The van der Waals surface area contributed by atoms with Crippen LogP contribution in [0.4, 0.5) is 0 Å². The first-order valence-electron chi connectivity index (χ1n) is 11.2. The summed E-state index contributed by atoms with van der Waals surface area (Å²) >= 11 is 0. The van der Waals surface area contributed by atoms with Crippen LogP contribution in [-0.4, -0.2) is 45.5 Å². The van der Waals surface area contributed by atoms with Crippen LogP contribution < -0.4 is 4.74 Å². The Balaban J connectivity index is 1.22. The summed E-state index contributed by atoms with van der Waals surface area (Å²) in [4.78, 5) is 31.3. The lowest BCUT2D eigenvalue weighted by atomic mass is 9.94. The van der Waals surface area contributed by atoms with E-state index >= 15 is 0 Å². The van der Waals surface area contributed by atoms with Crippen LogP contribution in [0.3, 0.4) is 0 Å². The summed E-state index contributed by atoms with van der Waals surface area (Å²) < 4.78 is 5.87. The highest BCUT2D eigenvalue weighted by molar-refractivity contribution is 5.97. The molecule has 1 saturated heterocycles. The van der Waals surface area contributed by atoms with Gasteiger partial charge in [0.15, 0.2) is 0 Å². The number of H-pyrrole nitrogens is 1. The van der Waals surface area contributed by atoms with Gasteiger partial charge in [0.1, 0.15) is 24.1 Å². The van der Waals surface area contributed by atoms with Crippen molar-refractivity contribution < 1.29 is 14.3 Å². The van der Waals surface area contributed by atoms with Gasteiger partial charge in [0.05, 0.1) is 12.8 Å². The van der Waals surface area contributed by atoms with Crippen molar-refractivity contribution in [1.29, 1.82) is 0 Å². The number of carbonyl (C=O) groups is 2. The first-order valence-corrected chi connectivity index (χ1v) is 11.2. The summed E-state index contributed by atoms with van der Waals surface area (Å²) in [7, 11) is 0. The van der Waals surface area contributed by atoms with Crippen molar-refractivity contribution in [2.24, 2.45) is 5.10 Å². The number of fused-ring (bicyclic) bond motifs is 4. The molecule has 0 radical (unpaired) electrons. The Kier molecular flexibility index (Phi) is 4.87. The zero-order valence-electron chi connectivity index (χ0n) is 18.3. The van der Waals surface area contributed by atoms with Crippen LogP contribution in [0.25, 0.3) is 10.9 Å². The molecule has 0 unspecified atom stereocenters. The minimum Gasteiger partial charge on any atom is -0.457 e. The van der Waals surface area contributed by atoms with Gasteiger partial charge < -0.3 is 14.6 Å². The summed E-state index contributed by atoms with van der Waals surface area (Å²) in [5.74, 6) is 1.14. The fourth-order valence-corrected chi connectivity index (χ4v) is 4.68. The maximum atomic E-state index is 13.3. The Labute approximate surface area is 196 Å². The number of rotatable bonds is 4. The van der Waals surface area contributed by atoms with Crippen molar-refractivity contribution in [3.05, 3.63) is 95.7 Å². The van der Waals surface area contributed by atoms with Gasteiger partial charge in [-0.25, -0.2) is 5.01 Å². The molecule has 34 heavy (non-hydrogen) atoms. The van der Waals surface area contributed by atoms with Gasteiger partial charge in [0, 0.05) is 23.0 Å². The number of ether oxygens (including phenoxy) is 1. The molecule has 1 aromatic heterocycles. The molecule has 1 N–H and O–H groups in total. The molecule has 2 amide bonds. The molecule has 0 saturated carbocycles. The average molecular weight is 450 g/mol. The fraction of sp³-hybridized carbons (Fsp3) is 0.148. The number of hydrazone groups is 1. The minimum absolute atomic E-state index is 0.0679. The van der Waals surface area contributed by atoms with E-state index in [1.54, 1.807) is 11.1 Å². The highest BCUT2D eigenvalue weighted by Crippen LogP contribution is 2.32. The standard InChI is InChI=1S/C27H22N4O3/c32-26-17-31(28-15-18-7-6-10-20(13-18)34-19-8-2-1-3-9-19)27(33)25-14-22-21-11-4-5-12-23(21)29-24(22)16-30(25)26/h1-13,15,25,29H,14,16-17H2/b28-15+/t25-/m0/s1. The number of hydrogen-bond donors (Lipinski definition) is 1. The molecule has 4 aromatic rings. The molecule has 7 nitrogen and oxygen atoms in total. The second kappa shape index (κ2) is 8.19. The van der Waals surface area contributed by atoms with E-state index in [9.17, 15) is 9.59 Å². The second-order valence-electron chi connectivity index (χ2n) is 8.50. The number of piperazine rings is 1. The van der Waals surface area contributed by atoms with E-state index in [2.05, 4.69) is 16.2 Å². The van der Waals surface area contributed by atoms with Crippen molar-refractivity contribution in [2.45, 2.75) is 19.0 Å². The van der Waals surface area contributed by atoms with E-state index < -0.39 is 6.04 Å². The molecule has 168 valence electrons. The minimum atomic E-state index is -0.544. The first kappa shape index (κ1) is 20.2. The quantitative estimate of drug-likeness (QED) is 0.476. The normalized spacial score (nSPS) is 17.8. The van der Waals surface area contributed by atoms with E-state index in [4.69, 9.17) is 4.74 Å². The maximum absolute atomic E-state index is 13.3. The van der Waals surface area contributed by atoms with Gasteiger partial charge in [-0.05, 0) is 41.5 Å². The molecule has 1 atom stereocenters. The lowest BCUT2D eigenvalue weighted by molar-refractivity contribution is -0.157. The topological polar surface area (TPSA) is 78.0 Å². The van der Waals surface area contributed by atoms with E-state index in [1.165, 1.54) is 5.01 Å². The van der Waals surface area contributed by atoms with Crippen molar-refractivity contribution in [3.8, 4) is 11.5 Å². The van der Waals surface area contributed by atoms with Gasteiger partial charge >= 0.3 is 0 Å². The number of benzene rings is 3. The number of para-hydroxylation sites is 2. The number of hydrogen-bond acceptors (Lipinski definition) is 4. The Bertz CT molecular complexity index is 1430. The predicted octanol–water partition coefficient (Wildman–Crippen LogP) is 4.09. The zero-order valence-corrected chi connectivity index (χ0v) is 18.3.